The van der Waals surface area contributed by atoms with E-state index < -0.39 is 17.6 Å². The molecule has 0 radical (unpaired) electrons. The van der Waals surface area contributed by atoms with Crippen molar-refractivity contribution in [3.8, 4) is 0 Å². The summed E-state index contributed by atoms with van der Waals surface area (Å²) in [5, 5.41) is 2.26. The van der Waals surface area contributed by atoms with Gasteiger partial charge in [0.1, 0.15) is 12.1 Å². The van der Waals surface area contributed by atoms with Gasteiger partial charge in [0, 0.05) is 6.42 Å². The van der Waals surface area contributed by atoms with Crippen molar-refractivity contribution in [1.82, 2.24) is 5.32 Å². The van der Waals surface area contributed by atoms with Gasteiger partial charge in [-0.3, -0.25) is 9.59 Å². The molecule has 0 aromatic heterocycles. The molecule has 0 aliphatic carbocycles. The van der Waals surface area contributed by atoms with Crippen LogP contribution in [0.4, 0.5) is 0 Å². The first-order valence-corrected chi connectivity index (χ1v) is 6.18. The van der Waals surface area contributed by atoms with E-state index in [1.807, 2.05) is 6.92 Å². The average Bonchev–Trinajstić information content (AvgIpc) is 2.28. The summed E-state index contributed by atoms with van der Waals surface area (Å²) in [7, 11) is 0. The SMILES string of the molecule is CC[C@@H]1C(=O)O[C@H]1C[C@H](Cl)OC(=O)[C@H](C)NC=O. The van der Waals surface area contributed by atoms with Gasteiger partial charge in [0.2, 0.25) is 6.41 Å². The first-order chi connectivity index (χ1) is 8.49. The van der Waals surface area contributed by atoms with Crippen LogP contribution in [0.3, 0.4) is 0 Å². The van der Waals surface area contributed by atoms with Crippen LogP contribution in [0.2, 0.25) is 0 Å². The highest BCUT2D eigenvalue weighted by molar-refractivity contribution is 6.20. The average molecular weight is 278 g/mol. The third-order valence-corrected chi connectivity index (χ3v) is 3.06. The van der Waals surface area contributed by atoms with E-state index in [9.17, 15) is 14.4 Å². The van der Waals surface area contributed by atoms with Crippen molar-refractivity contribution < 1.29 is 23.9 Å². The second-order valence-corrected chi connectivity index (χ2v) is 4.57. The topological polar surface area (TPSA) is 81.7 Å². The van der Waals surface area contributed by atoms with E-state index in [1.54, 1.807) is 0 Å². The van der Waals surface area contributed by atoms with Crippen molar-refractivity contribution in [1.29, 1.82) is 0 Å². The van der Waals surface area contributed by atoms with E-state index in [4.69, 9.17) is 21.1 Å². The van der Waals surface area contributed by atoms with Gasteiger partial charge in [-0.2, -0.15) is 0 Å². The van der Waals surface area contributed by atoms with Gasteiger partial charge >= 0.3 is 11.9 Å². The minimum Gasteiger partial charge on any atom is -0.461 e. The molecule has 0 spiro atoms. The van der Waals surface area contributed by atoms with Gasteiger partial charge < -0.3 is 14.8 Å². The van der Waals surface area contributed by atoms with Gasteiger partial charge in [-0.1, -0.05) is 18.5 Å². The van der Waals surface area contributed by atoms with Crippen molar-refractivity contribution in [3.63, 3.8) is 0 Å². The maximum Gasteiger partial charge on any atom is 0.329 e. The normalized spacial score (nSPS) is 25.4. The third kappa shape index (κ3) is 3.60. The summed E-state index contributed by atoms with van der Waals surface area (Å²) >= 11 is 5.85. The number of esters is 2. The molecule has 0 aromatic carbocycles. The Morgan fingerprint density at radius 3 is 2.83 bits per heavy atom. The van der Waals surface area contributed by atoms with Gasteiger partial charge in [-0.05, 0) is 13.3 Å². The van der Waals surface area contributed by atoms with Crippen LogP contribution in [0.15, 0.2) is 0 Å². The molecule has 1 heterocycles. The first-order valence-electron chi connectivity index (χ1n) is 5.74. The van der Waals surface area contributed by atoms with Crippen LogP contribution in [0.1, 0.15) is 26.7 Å². The van der Waals surface area contributed by atoms with Crippen molar-refractivity contribution >= 4 is 29.9 Å². The number of cyclic esters (lactones) is 1. The zero-order valence-electron chi connectivity index (χ0n) is 10.2. The van der Waals surface area contributed by atoms with Crippen LogP contribution in [0.5, 0.6) is 0 Å². The molecule has 102 valence electrons. The van der Waals surface area contributed by atoms with Crippen molar-refractivity contribution in [2.24, 2.45) is 5.92 Å². The van der Waals surface area contributed by atoms with Crippen LogP contribution in [0, 0.1) is 5.92 Å². The molecule has 18 heavy (non-hydrogen) atoms. The van der Waals surface area contributed by atoms with Gasteiger partial charge in [-0.25, -0.2) is 4.79 Å². The summed E-state index contributed by atoms with van der Waals surface area (Å²) in [5.41, 5.74) is -0.874. The minimum absolute atomic E-state index is 0.171. The summed E-state index contributed by atoms with van der Waals surface area (Å²) in [6.45, 7) is 3.36. The molecule has 1 fully saturated rings. The van der Waals surface area contributed by atoms with Crippen molar-refractivity contribution in [2.75, 3.05) is 0 Å². The Kier molecular flexibility index (Phi) is 5.40. The number of rotatable bonds is 7. The standard InChI is InChI=1S/C11H16ClNO5/c1-3-7-8(17-11(7)16)4-9(12)18-10(15)6(2)13-5-14/h5-9H,3-4H2,1-2H3,(H,13,14)/t6-,7-,8-,9+/m0/s1. The molecular formula is C11H16ClNO5. The molecule has 6 nitrogen and oxygen atoms in total. The fourth-order valence-electron chi connectivity index (χ4n) is 1.67. The van der Waals surface area contributed by atoms with Crippen LogP contribution in [-0.2, 0) is 23.9 Å². The van der Waals surface area contributed by atoms with Crippen LogP contribution < -0.4 is 5.32 Å². The molecule has 7 heteroatoms. The fraction of sp³-hybridized carbons (Fsp3) is 0.727. The number of hydrogen-bond acceptors (Lipinski definition) is 5. The quantitative estimate of drug-likeness (QED) is 0.418. The number of carbonyl (C=O) groups is 3. The zero-order valence-corrected chi connectivity index (χ0v) is 11.0. The van der Waals surface area contributed by atoms with E-state index in [0.29, 0.717) is 12.8 Å². The first kappa shape index (κ1) is 14.8. The molecule has 0 aromatic rings. The molecular weight excluding hydrogens is 262 g/mol. The van der Waals surface area contributed by atoms with E-state index >= 15 is 0 Å². The van der Waals surface area contributed by atoms with Gasteiger partial charge in [0.05, 0.1) is 5.92 Å². The lowest BCUT2D eigenvalue weighted by Crippen LogP contribution is -2.46. The third-order valence-electron chi connectivity index (χ3n) is 2.79. The zero-order chi connectivity index (χ0) is 13.7. The summed E-state index contributed by atoms with van der Waals surface area (Å²) < 4.78 is 9.83. The van der Waals surface area contributed by atoms with E-state index in [1.165, 1.54) is 6.92 Å². The lowest BCUT2D eigenvalue weighted by atomic mass is 9.92. The molecule has 1 rings (SSSR count). The highest BCUT2D eigenvalue weighted by Crippen LogP contribution is 2.30. The Morgan fingerprint density at radius 1 is 1.67 bits per heavy atom. The number of carbonyl (C=O) groups excluding carboxylic acids is 3. The Balaban J connectivity index is 2.33. The minimum atomic E-state index is -0.874. The lowest BCUT2D eigenvalue weighted by Gasteiger charge is -2.35. The van der Waals surface area contributed by atoms with Gasteiger partial charge in [0.25, 0.3) is 0 Å². The number of halogens is 1. The Labute approximate surface area is 110 Å². The monoisotopic (exact) mass is 277 g/mol. The summed E-state index contributed by atoms with van der Waals surface area (Å²) in [5.74, 6) is -1.04. The molecule has 0 unspecified atom stereocenters. The molecule has 0 saturated carbocycles. The van der Waals surface area contributed by atoms with Crippen LogP contribution in [0.25, 0.3) is 0 Å². The predicted octanol–water partition coefficient (Wildman–Crippen LogP) is 0.571. The van der Waals surface area contributed by atoms with Crippen LogP contribution in [-0.4, -0.2) is 36.1 Å². The molecule has 1 N–H and O–H groups in total. The summed E-state index contributed by atoms with van der Waals surface area (Å²) in [6, 6.07) is -0.755. The predicted molar refractivity (Wildman–Crippen MR) is 62.7 cm³/mol. The second kappa shape index (κ2) is 6.58. The number of nitrogens with one attached hydrogen (secondary N) is 1. The van der Waals surface area contributed by atoms with Gasteiger partial charge in [0.15, 0.2) is 5.56 Å². The summed E-state index contributed by atoms with van der Waals surface area (Å²) in [4.78, 5) is 32.6. The Bertz CT molecular complexity index is 335. The molecule has 4 atom stereocenters. The largest absolute Gasteiger partial charge is 0.461 e. The van der Waals surface area contributed by atoms with E-state index in [0.717, 1.165) is 0 Å². The smallest absolute Gasteiger partial charge is 0.329 e. The number of ether oxygens (including phenoxy) is 2. The van der Waals surface area contributed by atoms with Crippen molar-refractivity contribution in [3.05, 3.63) is 0 Å². The van der Waals surface area contributed by atoms with Crippen LogP contribution >= 0.6 is 11.6 Å². The fourth-order valence-corrected chi connectivity index (χ4v) is 1.93. The molecule has 1 saturated heterocycles. The van der Waals surface area contributed by atoms with Crippen molar-refractivity contribution in [2.45, 2.75) is 44.4 Å². The molecule has 0 bridgehead atoms. The van der Waals surface area contributed by atoms with E-state index in [-0.39, 0.29) is 24.4 Å². The number of amides is 1. The maximum absolute atomic E-state index is 11.4. The highest BCUT2D eigenvalue weighted by Gasteiger charge is 2.42. The highest BCUT2D eigenvalue weighted by atomic mass is 35.5. The number of hydrogen-bond donors (Lipinski definition) is 1. The maximum atomic E-state index is 11.4. The Morgan fingerprint density at radius 2 is 2.33 bits per heavy atom. The summed E-state index contributed by atoms with van der Waals surface area (Å²) in [6.07, 6.45) is 1.04. The molecule has 1 aliphatic rings. The molecule has 1 amide bonds. The van der Waals surface area contributed by atoms with Gasteiger partial charge in [-0.15, -0.1) is 0 Å². The lowest BCUT2D eigenvalue weighted by molar-refractivity contribution is -0.187. The Hall–Kier alpha value is -1.30. The molecule has 1 aliphatic heterocycles. The van der Waals surface area contributed by atoms with E-state index in [2.05, 4.69) is 5.32 Å². The number of alkyl halides is 1. The second-order valence-electron chi connectivity index (χ2n) is 4.08.